The molecule has 14 heavy (non-hydrogen) atoms. The predicted molar refractivity (Wildman–Crippen MR) is 62.7 cm³/mol. The van der Waals surface area contributed by atoms with Gasteiger partial charge in [-0.25, -0.2) is 0 Å². The van der Waals surface area contributed by atoms with Gasteiger partial charge in [0.1, 0.15) is 0 Å². The third-order valence-corrected chi connectivity index (χ3v) is 3.73. The predicted octanol–water partition coefficient (Wildman–Crippen LogP) is 3.70. The normalized spacial score (nSPS) is 15.9. The minimum atomic E-state index is -0.636. The van der Waals surface area contributed by atoms with E-state index in [-0.39, 0.29) is 0 Å². The van der Waals surface area contributed by atoms with Gasteiger partial charge in [-0.1, -0.05) is 13.8 Å². The fourth-order valence-corrected chi connectivity index (χ4v) is 2.36. The van der Waals surface area contributed by atoms with Crippen molar-refractivity contribution in [1.82, 2.24) is 0 Å². The van der Waals surface area contributed by atoms with Crippen LogP contribution < -0.4 is 0 Å². The average Bonchev–Trinajstić information content (AvgIpc) is 2.49. The van der Waals surface area contributed by atoms with Crippen molar-refractivity contribution in [1.29, 1.82) is 0 Å². The molecule has 0 bridgehead atoms. The van der Waals surface area contributed by atoms with Crippen molar-refractivity contribution in [2.75, 3.05) is 0 Å². The first-order valence-electron chi connectivity index (χ1n) is 5.21. The zero-order chi connectivity index (χ0) is 10.8. The molecule has 0 saturated carbocycles. The minimum absolute atomic E-state index is 0.636. The fourth-order valence-electron chi connectivity index (χ4n) is 1.42. The summed E-state index contributed by atoms with van der Waals surface area (Å²) in [6.07, 6.45) is 1.93. The molecular weight excluding hydrogens is 192 g/mol. The van der Waals surface area contributed by atoms with Gasteiger partial charge in [0.05, 0.1) is 5.60 Å². The first-order chi connectivity index (χ1) is 6.42. The molecule has 80 valence electrons. The van der Waals surface area contributed by atoms with Gasteiger partial charge in [-0.15, -0.1) is 11.3 Å². The first kappa shape index (κ1) is 11.7. The van der Waals surface area contributed by atoms with Gasteiger partial charge < -0.3 is 5.11 Å². The highest BCUT2D eigenvalue weighted by Crippen LogP contribution is 2.32. The van der Waals surface area contributed by atoms with Crippen LogP contribution in [0.3, 0.4) is 0 Å². The van der Waals surface area contributed by atoms with Crippen LogP contribution >= 0.6 is 11.3 Å². The summed E-state index contributed by atoms with van der Waals surface area (Å²) in [5.41, 5.74) is -0.636. The molecule has 0 aliphatic carbocycles. The second-order valence-corrected chi connectivity index (χ2v) is 5.90. The molecule has 0 amide bonds. The Labute approximate surface area is 90.8 Å². The van der Waals surface area contributed by atoms with Crippen molar-refractivity contribution in [3.8, 4) is 0 Å². The van der Waals surface area contributed by atoms with Gasteiger partial charge >= 0.3 is 0 Å². The summed E-state index contributed by atoms with van der Waals surface area (Å²) < 4.78 is 0. The molecular formula is C12H20OS. The van der Waals surface area contributed by atoms with Gasteiger partial charge in [-0.05, 0) is 44.7 Å². The molecule has 0 aliphatic heterocycles. The molecule has 1 nitrogen and oxygen atoms in total. The Morgan fingerprint density at radius 3 is 2.50 bits per heavy atom. The summed E-state index contributed by atoms with van der Waals surface area (Å²) in [5.74, 6) is 0.655. The Morgan fingerprint density at radius 2 is 2.07 bits per heavy atom. The van der Waals surface area contributed by atoms with Gasteiger partial charge in [-0.2, -0.15) is 0 Å². The Hall–Kier alpha value is -0.340. The van der Waals surface area contributed by atoms with E-state index < -0.39 is 5.60 Å². The van der Waals surface area contributed by atoms with E-state index in [2.05, 4.69) is 26.8 Å². The number of aliphatic hydroxyl groups is 1. The zero-order valence-corrected chi connectivity index (χ0v) is 10.3. The van der Waals surface area contributed by atoms with Crippen LogP contribution in [0.15, 0.2) is 12.1 Å². The standard InChI is InChI=1S/C12H20OS/c1-9(2)7-8-12(4,13)11-6-5-10(3)14-11/h5-6,9,13H,7-8H2,1-4H3. The van der Waals surface area contributed by atoms with Crippen LogP contribution in [0.4, 0.5) is 0 Å². The second kappa shape index (κ2) is 4.45. The molecule has 1 atom stereocenters. The number of hydrogen-bond acceptors (Lipinski definition) is 2. The van der Waals surface area contributed by atoms with E-state index in [1.807, 2.05) is 13.0 Å². The van der Waals surface area contributed by atoms with Crippen molar-refractivity contribution in [2.45, 2.75) is 46.1 Å². The van der Waals surface area contributed by atoms with Crippen LogP contribution in [-0.4, -0.2) is 5.11 Å². The largest absolute Gasteiger partial charge is 0.385 e. The SMILES string of the molecule is Cc1ccc(C(C)(O)CCC(C)C)s1. The number of thiophene rings is 1. The molecule has 1 aromatic rings. The molecule has 0 radical (unpaired) electrons. The van der Waals surface area contributed by atoms with Crippen molar-refractivity contribution < 1.29 is 5.11 Å². The lowest BCUT2D eigenvalue weighted by atomic mass is 9.94. The Bertz CT molecular complexity index is 286. The molecule has 0 fully saturated rings. The van der Waals surface area contributed by atoms with Crippen LogP contribution in [0.25, 0.3) is 0 Å². The van der Waals surface area contributed by atoms with E-state index in [9.17, 15) is 5.11 Å². The molecule has 2 heteroatoms. The van der Waals surface area contributed by atoms with E-state index in [4.69, 9.17) is 0 Å². The Kier molecular flexibility index (Phi) is 3.73. The Morgan fingerprint density at radius 1 is 1.43 bits per heavy atom. The molecule has 0 aliphatic rings. The van der Waals surface area contributed by atoms with Crippen LogP contribution in [0.2, 0.25) is 0 Å². The molecule has 0 saturated heterocycles. The molecule has 1 aromatic heterocycles. The van der Waals surface area contributed by atoms with Gasteiger partial charge in [0.25, 0.3) is 0 Å². The van der Waals surface area contributed by atoms with Crippen molar-refractivity contribution in [3.63, 3.8) is 0 Å². The van der Waals surface area contributed by atoms with Gasteiger partial charge in [0.15, 0.2) is 0 Å². The molecule has 1 N–H and O–H groups in total. The highest BCUT2D eigenvalue weighted by atomic mass is 32.1. The third-order valence-electron chi connectivity index (χ3n) is 2.48. The summed E-state index contributed by atoms with van der Waals surface area (Å²) in [6.45, 7) is 8.37. The Balaban J connectivity index is 2.65. The summed E-state index contributed by atoms with van der Waals surface area (Å²) >= 11 is 1.70. The third kappa shape index (κ3) is 3.10. The highest BCUT2D eigenvalue weighted by Gasteiger charge is 2.24. The van der Waals surface area contributed by atoms with Crippen LogP contribution in [0, 0.1) is 12.8 Å². The maximum absolute atomic E-state index is 10.3. The smallest absolute Gasteiger partial charge is 0.0960 e. The lowest BCUT2D eigenvalue weighted by Crippen LogP contribution is -2.20. The minimum Gasteiger partial charge on any atom is -0.385 e. The van der Waals surface area contributed by atoms with Gasteiger partial charge in [0, 0.05) is 9.75 Å². The molecule has 1 unspecified atom stereocenters. The quantitative estimate of drug-likeness (QED) is 0.807. The van der Waals surface area contributed by atoms with E-state index in [1.165, 1.54) is 4.88 Å². The first-order valence-corrected chi connectivity index (χ1v) is 6.03. The van der Waals surface area contributed by atoms with Gasteiger partial charge in [0.2, 0.25) is 0 Å². The molecule has 0 aromatic carbocycles. The van der Waals surface area contributed by atoms with E-state index in [0.717, 1.165) is 17.7 Å². The summed E-state index contributed by atoms with van der Waals surface area (Å²) in [5, 5.41) is 10.3. The monoisotopic (exact) mass is 212 g/mol. The maximum atomic E-state index is 10.3. The van der Waals surface area contributed by atoms with Crippen LogP contribution in [0.1, 0.15) is 43.4 Å². The number of aryl methyl sites for hydroxylation is 1. The highest BCUT2D eigenvalue weighted by molar-refractivity contribution is 7.12. The van der Waals surface area contributed by atoms with Crippen LogP contribution in [0.5, 0.6) is 0 Å². The van der Waals surface area contributed by atoms with E-state index >= 15 is 0 Å². The lowest BCUT2D eigenvalue weighted by Gasteiger charge is -2.22. The summed E-state index contributed by atoms with van der Waals surface area (Å²) in [6, 6.07) is 4.12. The van der Waals surface area contributed by atoms with Gasteiger partial charge in [-0.3, -0.25) is 0 Å². The summed E-state index contributed by atoms with van der Waals surface area (Å²) in [7, 11) is 0. The maximum Gasteiger partial charge on any atom is 0.0960 e. The molecule has 1 heterocycles. The van der Waals surface area contributed by atoms with E-state index in [0.29, 0.717) is 5.92 Å². The van der Waals surface area contributed by atoms with Crippen molar-refractivity contribution >= 4 is 11.3 Å². The molecule has 0 spiro atoms. The summed E-state index contributed by atoms with van der Waals surface area (Å²) in [4.78, 5) is 2.36. The fraction of sp³-hybridized carbons (Fsp3) is 0.667. The molecule has 1 rings (SSSR count). The lowest BCUT2D eigenvalue weighted by molar-refractivity contribution is 0.0457. The topological polar surface area (TPSA) is 20.2 Å². The van der Waals surface area contributed by atoms with Crippen molar-refractivity contribution in [3.05, 3.63) is 21.9 Å². The zero-order valence-electron chi connectivity index (χ0n) is 9.50. The second-order valence-electron chi connectivity index (χ2n) is 4.62. The number of rotatable bonds is 4. The van der Waals surface area contributed by atoms with E-state index in [1.54, 1.807) is 11.3 Å². The average molecular weight is 212 g/mol. The number of hydrogen-bond donors (Lipinski definition) is 1. The van der Waals surface area contributed by atoms with Crippen LogP contribution in [-0.2, 0) is 5.60 Å². The van der Waals surface area contributed by atoms with Crippen molar-refractivity contribution in [2.24, 2.45) is 5.92 Å².